The first-order chi connectivity index (χ1) is 12.0. The van der Waals surface area contributed by atoms with E-state index in [-0.39, 0.29) is 10.7 Å². The van der Waals surface area contributed by atoms with Gasteiger partial charge in [0.25, 0.3) is 11.6 Å². The van der Waals surface area contributed by atoms with Gasteiger partial charge in [-0.3, -0.25) is 14.9 Å². The maximum Gasteiger partial charge on any atom is 0.283 e. The van der Waals surface area contributed by atoms with Gasteiger partial charge in [-0.2, -0.15) is 5.10 Å². The second-order valence-corrected chi connectivity index (χ2v) is 6.74. The van der Waals surface area contributed by atoms with Gasteiger partial charge in [0.2, 0.25) is 0 Å². The molecule has 0 aliphatic carbocycles. The Morgan fingerprint density at radius 2 is 2.00 bits per heavy atom. The number of rotatable bonds is 4. The summed E-state index contributed by atoms with van der Waals surface area (Å²) in [4.78, 5) is 22.8. The van der Waals surface area contributed by atoms with Crippen molar-refractivity contribution in [2.45, 2.75) is 0 Å². The average Bonchev–Trinajstić information content (AvgIpc) is 2.93. The van der Waals surface area contributed by atoms with E-state index < -0.39 is 10.8 Å². The molecule has 0 spiro atoms. The average molecular weight is 394 g/mol. The zero-order valence-electron chi connectivity index (χ0n) is 12.4. The number of thiophene rings is 1. The van der Waals surface area contributed by atoms with Crippen LogP contribution in [0.5, 0.6) is 0 Å². The number of nitrogens with one attached hydrogen (secondary N) is 1. The number of nitro benzene ring substituents is 1. The molecule has 3 rings (SSSR count). The lowest BCUT2D eigenvalue weighted by atomic mass is 10.2. The summed E-state index contributed by atoms with van der Waals surface area (Å²) in [6.45, 7) is 0. The molecule has 0 atom stereocenters. The predicted molar refractivity (Wildman–Crippen MR) is 100 cm³/mol. The minimum absolute atomic E-state index is 0.121. The summed E-state index contributed by atoms with van der Waals surface area (Å²) >= 11 is 13.5. The maximum absolute atomic E-state index is 12.2. The number of hydrazone groups is 1. The summed E-state index contributed by atoms with van der Waals surface area (Å²) in [5.41, 5.74) is 2.55. The third kappa shape index (κ3) is 3.63. The van der Waals surface area contributed by atoms with Crippen LogP contribution in [-0.2, 0) is 0 Å². The topological polar surface area (TPSA) is 84.6 Å². The molecule has 0 aliphatic rings. The Bertz CT molecular complexity index is 1020. The van der Waals surface area contributed by atoms with Crippen molar-refractivity contribution in [2.75, 3.05) is 0 Å². The van der Waals surface area contributed by atoms with Crippen molar-refractivity contribution in [2.24, 2.45) is 5.10 Å². The summed E-state index contributed by atoms with van der Waals surface area (Å²) < 4.78 is 0.892. The van der Waals surface area contributed by atoms with Crippen LogP contribution in [0.2, 0.25) is 10.0 Å². The predicted octanol–water partition coefficient (Wildman–Crippen LogP) is 4.88. The standard InChI is InChI=1S/C16H9Cl2N3O3S/c17-12-6-5-10(21(23)24)7-9(12)8-19-20-16(22)15-14(18)11-3-1-2-4-13(11)25-15/h1-8H,(H,20,22)/b19-8-. The number of hydrogen-bond acceptors (Lipinski definition) is 5. The number of benzene rings is 2. The molecule has 0 aliphatic heterocycles. The molecule has 9 heteroatoms. The number of carbonyl (C=O) groups excluding carboxylic acids is 1. The van der Waals surface area contributed by atoms with Gasteiger partial charge in [0.1, 0.15) is 4.88 Å². The van der Waals surface area contributed by atoms with Crippen LogP contribution in [0.1, 0.15) is 15.2 Å². The molecule has 0 radical (unpaired) electrons. The maximum atomic E-state index is 12.2. The Labute approximate surface area is 155 Å². The SMILES string of the molecule is O=C(N/N=C\c1cc([N+](=O)[O-])ccc1Cl)c1sc2ccccc2c1Cl. The molecule has 1 aromatic heterocycles. The summed E-state index contributed by atoms with van der Waals surface area (Å²) in [5.74, 6) is -0.469. The monoisotopic (exact) mass is 393 g/mol. The Morgan fingerprint density at radius 1 is 1.24 bits per heavy atom. The zero-order valence-corrected chi connectivity index (χ0v) is 14.7. The molecule has 2 aromatic carbocycles. The molecule has 126 valence electrons. The largest absolute Gasteiger partial charge is 0.283 e. The molecule has 0 fully saturated rings. The third-order valence-electron chi connectivity index (χ3n) is 3.30. The zero-order chi connectivity index (χ0) is 18.0. The summed E-state index contributed by atoms with van der Waals surface area (Å²) in [7, 11) is 0. The van der Waals surface area contributed by atoms with E-state index in [1.165, 1.54) is 35.8 Å². The van der Waals surface area contributed by atoms with Gasteiger partial charge in [0.15, 0.2) is 0 Å². The van der Waals surface area contributed by atoms with Gasteiger partial charge < -0.3 is 0 Å². The van der Waals surface area contributed by atoms with E-state index in [4.69, 9.17) is 23.2 Å². The fourth-order valence-electron chi connectivity index (χ4n) is 2.11. The molecular weight excluding hydrogens is 385 g/mol. The Hall–Kier alpha value is -2.48. The Morgan fingerprint density at radius 3 is 2.72 bits per heavy atom. The molecule has 25 heavy (non-hydrogen) atoms. The molecule has 0 saturated carbocycles. The van der Waals surface area contributed by atoms with Crippen LogP contribution in [0.4, 0.5) is 5.69 Å². The number of hydrogen-bond donors (Lipinski definition) is 1. The first kappa shape index (κ1) is 17.3. The highest BCUT2D eigenvalue weighted by molar-refractivity contribution is 7.21. The van der Waals surface area contributed by atoms with Crippen LogP contribution in [-0.4, -0.2) is 17.0 Å². The quantitative estimate of drug-likeness (QED) is 0.389. The number of fused-ring (bicyclic) bond motifs is 1. The van der Waals surface area contributed by atoms with Crippen LogP contribution in [0, 0.1) is 10.1 Å². The summed E-state index contributed by atoms with van der Waals surface area (Å²) in [6, 6.07) is 11.3. The Kier molecular flexibility index (Phi) is 4.98. The van der Waals surface area contributed by atoms with Crippen LogP contribution in [0.3, 0.4) is 0 Å². The van der Waals surface area contributed by atoms with Crippen LogP contribution in [0.15, 0.2) is 47.6 Å². The van der Waals surface area contributed by atoms with Crippen molar-refractivity contribution in [1.29, 1.82) is 0 Å². The van der Waals surface area contributed by atoms with Crippen molar-refractivity contribution < 1.29 is 9.72 Å². The van der Waals surface area contributed by atoms with Gasteiger partial charge in [-0.25, -0.2) is 5.43 Å². The fourth-order valence-corrected chi connectivity index (χ4v) is 3.69. The molecular formula is C16H9Cl2N3O3S. The van der Waals surface area contributed by atoms with Crippen molar-refractivity contribution in [1.82, 2.24) is 5.43 Å². The van der Waals surface area contributed by atoms with Gasteiger partial charge in [0, 0.05) is 32.8 Å². The van der Waals surface area contributed by atoms with Crippen LogP contribution in [0.25, 0.3) is 10.1 Å². The van der Waals surface area contributed by atoms with Gasteiger partial charge in [-0.1, -0.05) is 41.4 Å². The molecule has 6 nitrogen and oxygen atoms in total. The third-order valence-corrected chi connectivity index (χ3v) is 5.32. The molecule has 1 heterocycles. The van der Waals surface area contributed by atoms with Crippen molar-refractivity contribution >= 4 is 62.4 Å². The molecule has 0 saturated heterocycles. The highest BCUT2D eigenvalue weighted by Gasteiger charge is 2.16. The number of carbonyl (C=O) groups is 1. The lowest BCUT2D eigenvalue weighted by molar-refractivity contribution is -0.384. The highest BCUT2D eigenvalue weighted by atomic mass is 35.5. The smallest absolute Gasteiger partial charge is 0.266 e. The first-order valence-corrected chi connectivity index (χ1v) is 8.49. The van der Waals surface area contributed by atoms with E-state index in [2.05, 4.69) is 10.5 Å². The summed E-state index contributed by atoms with van der Waals surface area (Å²) in [6.07, 6.45) is 1.24. The molecule has 3 aromatic rings. The number of halogens is 2. The Balaban J connectivity index is 1.80. The van der Waals surface area contributed by atoms with Crippen LogP contribution >= 0.6 is 34.5 Å². The van der Waals surface area contributed by atoms with E-state index >= 15 is 0 Å². The van der Waals surface area contributed by atoms with E-state index in [0.29, 0.717) is 15.5 Å². The van der Waals surface area contributed by atoms with Gasteiger partial charge in [0.05, 0.1) is 16.2 Å². The minimum Gasteiger partial charge on any atom is -0.266 e. The molecule has 0 unspecified atom stereocenters. The normalized spacial score (nSPS) is 11.1. The molecule has 1 amide bonds. The van der Waals surface area contributed by atoms with E-state index in [1.54, 1.807) is 0 Å². The summed E-state index contributed by atoms with van der Waals surface area (Å²) in [5, 5.41) is 16.0. The highest BCUT2D eigenvalue weighted by Crippen LogP contribution is 2.34. The van der Waals surface area contributed by atoms with Gasteiger partial charge in [-0.15, -0.1) is 11.3 Å². The van der Waals surface area contributed by atoms with E-state index in [0.717, 1.165) is 10.1 Å². The van der Waals surface area contributed by atoms with Crippen molar-refractivity contribution in [3.05, 3.63) is 73.1 Å². The number of nitrogens with zero attached hydrogens (tertiary/aromatic N) is 2. The van der Waals surface area contributed by atoms with E-state index in [1.807, 2.05) is 24.3 Å². The van der Waals surface area contributed by atoms with E-state index in [9.17, 15) is 14.9 Å². The number of non-ortho nitro benzene ring substituents is 1. The van der Waals surface area contributed by atoms with Gasteiger partial charge in [-0.05, 0) is 12.1 Å². The van der Waals surface area contributed by atoms with Crippen molar-refractivity contribution in [3.8, 4) is 0 Å². The van der Waals surface area contributed by atoms with Crippen molar-refractivity contribution in [3.63, 3.8) is 0 Å². The number of nitro groups is 1. The minimum atomic E-state index is -0.538. The molecule has 1 N–H and O–H groups in total. The lowest BCUT2D eigenvalue weighted by Gasteiger charge is -1.99. The fraction of sp³-hybridized carbons (Fsp3) is 0. The second-order valence-electron chi connectivity index (χ2n) is 4.90. The number of amides is 1. The molecule has 0 bridgehead atoms. The van der Waals surface area contributed by atoms with Gasteiger partial charge >= 0.3 is 0 Å². The first-order valence-electron chi connectivity index (χ1n) is 6.91. The lowest BCUT2D eigenvalue weighted by Crippen LogP contribution is -2.16. The van der Waals surface area contributed by atoms with Crippen LogP contribution < -0.4 is 5.43 Å². The second kappa shape index (κ2) is 7.18.